The third-order valence-electron chi connectivity index (χ3n) is 2.89. The first-order chi connectivity index (χ1) is 10.1. The molecule has 1 amide bonds. The lowest BCUT2D eigenvalue weighted by Gasteiger charge is -2.05. The minimum atomic E-state index is -0.419. The Hall–Kier alpha value is -1.70. The zero-order chi connectivity index (χ0) is 15.2. The van der Waals surface area contributed by atoms with E-state index in [0.29, 0.717) is 34.5 Å². The number of carbonyl (C=O) groups is 1. The van der Waals surface area contributed by atoms with Crippen LogP contribution in [0.15, 0.2) is 18.2 Å². The Morgan fingerprint density at radius 3 is 2.95 bits per heavy atom. The van der Waals surface area contributed by atoms with Crippen molar-refractivity contribution in [2.24, 2.45) is 0 Å². The number of anilines is 1. The number of carbonyl (C=O) groups excluding carboxylic acids is 1. The first-order valence-electron chi connectivity index (χ1n) is 6.58. The second-order valence-corrected chi connectivity index (χ2v) is 5.46. The second kappa shape index (κ2) is 7.35. The average molecular weight is 312 g/mol. The lowest BCUT2D eigenvalue weighted by atomic mass is 10.2. The van der Waals surface area contributed by atoms with Crippen LogP contribution in [0.2, 0.25) is 0 Å². The first-order valence-corrected chi connectivity index (χ1v) is 7.40. The quantitative estimate of drug-likeness (QED) is 0.680. The summed E-state index contributed by atoms with van der Waals surface area (Å²) in [4.78, 5) is 12.4. The van der Waals surface area contributed by atoms with Crippen LogP contribution in [-0.2, 0) is 4.74 Å². The maximum atomic E-state index is 13.7. The number of thiophene rings is 1. The SMILES string of the molecule is Nc1c(C(=O)NCCCOCCO)sc2cccc(F)c12. The molecule has 0 aliphatic carbocycles. The van der Waals surface area contributed by atoms with E-state index >= 15 is 0 Å². The summed E-state index contributed by atoms with van der Waals surface area (Å²) in [7, 11) is 0. The normalized spacial score (nSPS) is 11.0. The Bertz CT molecular complexity index is 630. The summed E-state index contributed by atoms with van der Waals surface area (Å²) in [6, 6.07) is 4.65. The minimum absolute atomic E-state index is 0.0176. The highest BCUT2D eigenvalue weighted by Gasteiger charge is 2.18. The van der Waals surface area contributed by atoms with Gasteiger partial charge in [0, 0.05) is 17.9 Å². The fourth-order valence-electron chi connectivity index (χ4n) is 1.92. The number of rotatable bonds is 7. The summed E-state index contributed by atoms with van der Waals surface area (Å²) < 4.78 is 19.4. The maximum absolute atomic E-state index is 13.7. The third-order valence-corrected chi connectivity index (χ3v) is 4.06. The highest BCUT2D eigenvalue weighted by atomic mass is 32.1. The molecule has 4 N–H and O–H groups in total. The number of nitrogens with two attached hydrogens (primary N) is 1. The molecule has 0 aliphatic heterocycles. The third kappa shape index (κ3) is 3.69. The molecule has 21 heavy (non-hydrogen) atoms. The molecule has 0 saturated carbocycles. The Morgan fingerprint density at radius 1 is 1.43 bits per heavy atom. The number of aliphatic hydroxyl groups excluding tert-OH is 1. The predicted molar refractivity (Wildman–Crippen MR) is 81.1 cm³/mol. The molecule has 0 bridgehead atoms. The number of hydrogen-bond acceptors (Lipinski definition) is 5. The van der Waals surface area contributed by atoms with Gasteiger partial charge in [0.1, 0.15) is 10.7 Å². The van der Waals surface area contributed by atoms with Crippen LogP contribution in [0.25, 0.3) is 10.1 Å². The molecule has 0 atom stereocenters. The van der Waals surface area contributed by atoms with Gasteiger partial charge in [-0.25, -0.2) is 4.39 Å². The van der Waals surface area contributed by atoms with Gasteiger partial charge >= 0.3 is 0 Å². The molecule has 2 rings (SSSR count). The van der Waals surface area contributed by atoms with Crippen LogP contribution >= 0.6 is 11.3 Å². The first kappa shape index (κ1) is 15.7. The smallest absolute Gasteiger partial charge is 0.263 e. The lowest BCUT2D eigenvalue weighted by Crippen LogP contribution is -2.25. The number of halogens is 1. The molecular weight excluding hydrogens is 295 g/mol. The van der Waals surface area contributed by atoms with E-state index in [2.05, 4.69) is 5.32 Å². The molecule has 5 nitrogen and oxygen atoms in total. The Balaban J connectivity index is 1.97. The molecule has 0 radical (unpaired) electrons. The molecule has 1 aromatic heterocycles. The molecule has 0 spiro atoms. The van der Waals surface area contributed by atoms with Crippen molar-refractivity contribution in [3.63, 3.8) is 0 Å². The van der Waals surface area contributed by atoms with E-state index in [-0.39, 0.29) is 24.8 Å². The van der Waals surface area contributed by atoms with Gasteiger partial charge in [0.15, 0.2) is 0 Å². The number of aliphatic hydroxyl groups is 1. The van der Waals surface area contributed by atoms with E-state index < -0.39 is 5.82 Å². The van der Waals surface area contributed by atoms with Crippen LogP contribution in [0.4, 0.5) is 10.1 Å². The van der Waals surface area contributed by atoms with Crippen LogP contribution in [0, 0.1) is 5.82 Å². The van der Waals surface area contributed by atoms with Crippen LogP contribution in [-0.4, -0.2) is 37.4 Å². The van der Waals surface area contributed by atoms with Gasteiger partial charge in [-0.2, -0.15) is 0 Å². The van der Waals surface area contributed by atoms with E-state index in [1.54, 1.807) is 12.1 Å². The molecule has 7 heteroatoms. The van der Waals surface area contributed by atoms with Gasteiger partial charge in [-0.15, -0.1) is 11.3 Å². The van der Waals surface area contributed by atoms with Crippen molar-refractivity contribution in [2.75, 3.05) is 32.1 Å². The molecular formula is C14H17FN2O3S. The number of ether oxygens (including phenoxy) is 1. The molecule has 1 aromatic carbocycles. The number of benzene rings is 1. The van der Waals surface area contributed by atoms with Crippen molar-refractivity contribution in [1.29, 1.82) is 0 Å². The Morgan fingerprint density at radius 2 is 2.24 bits per heavy atom. The van der Waals surface area contributed by atoms with Crippen LogP contribution in [0.5, 0.6) is 0 Å². The summed E-state index contributed by atoms with van der Waals surface area (Å²) in [5.41, 5.74) is 6.05. The average Bonchev–Trinajstić information content (AvgIpc) is 2.81. The van der Waals surface area contributed by atoms with Crippen molar-refractivity contribution in [3.8, 4) is 0 Å². The lowest BCUT2D eigenvalue weighted by molar-refractivity contribution is 0.0869. The topological polar surface area (TPSA) is 84.6 Å². The Kier molecular flexibility index (Phi) is 5.49. The molecule has 0 unspecified atom stereocenters. The van der Waals surface area contributed by atoms with Gasteiger partial charge < -0.3 is 20.9 Å². The number of hydrogen-bond donors (Lipinski definition) is 3. The molecule has 1 heterocycles. The van der Waals surface area contributed by atoms with E-state index in [1.807, 2.05) is 0 Å². The second-order valence-electron chi connectivity index (χ2n) is 4.40. The van der Waals surface area contributed by atoms with Crippen LogP contribution in [0.1, 0.15) is 16.1 Å². The van der Waals surface area contributed by atoms with Gasteiger partial charge in [0.05, 0.1) is 24.3 Å². The predicted octanol–water partition coefficient (Wildman–Crippen LogP) is 1.75. The maximum Gasteiger partial charge on any atom is 0.263 e. The van der Waals surface area contributed by atoms with Gasteiger partial charge in [-0.05, 0) is 18.6 Å². The van der Waals surface area contributed by atoms with Crippen molar-refractivity contribution in [2.45, 2.75) is 6.42 Å². The summed E-state index contributed by atoms with van der Waals surface area (Å²) >= 11 is 1.18. The van der Waals surface area contributed by atoms with Crippen molar-refractivity contribution >= 4 is 33.0 Å². The fourth-order valence-corrected chi connectivity index (χ4v) is 2.97. The Labute approximate surface area is 125 Å². The molecule has 0 aliphatic rings. The van der Waals surface area contributed by atoms with Crippen molar-refractivity contribution in [1.82, 2.24) is 5.32 Å². The minimum Gasteiger partial charge on any atom is -0.397 e. The number of nitrogen functional groups attached to an aromatic ring is 1. The van der Waals surface area contributed by atoms with E-state index in [4.69, 9.17) is 15.6 Å². The van der Waals surface area contributed by atoms with Crippen LogP contribution < -0.4 is 11.1 Å². The van der Waals surface area contributed by atoms with Crippen molar-refractivity contribution in [3.05, 3.63) is 28.9 Å². The van der Waals surface area contributed by atoms with Gasteiger partial charge in [-0.1, -0.05) is 6.07 Å². The molecule has 2 aromatic rings. The number of fused-ring (bicyclic) bond motifs is 1. The standard InChI is InChI=1S/C14H17FN2O3S/c15-9-3-1-4-10-11(9)12(16)13(21-10)14(19)17-5-2-7-20-8-6-18/h1,3-4,18H,2,5-8,16H2,(H,17,19). The van der Waals surface area contributed by atoms with E-state index in [1.165, 1.54) is 17.4 Å². The summed E-state index contributed by atoms with van der Waals surface area (Å²) in [5, 5.41) is 11.6. The molecule has 0 saturated heterocycles. The van der Waals surface area contributed by atoms with E-state index in [9.17, 15) is 9.18 Å². The summed E-state index contributed by atoms with van der Waals surface area (Å²) in [6.45, 7) is 1.16. The number of nitrogens with one attached hydrogen (secondary N) is 1. The monoisotopic (exact) mass is 312 g/mol. The van der Waals surface area contributed by atoms with E-state index in [0.717, 1.165) is 0 Å². The van der Waals surface area contributed by atoms with Gasteiger partial charge in [0.2, 0.25) is 0 Å². The highest BCUT2D eigenvalue weighted by molar-refractivity contribution is 7.21. The van der Waals surface area contributed by atoms with Crippen molar-refractivity contribution < 1.29 is 19.0 Å². The molecule has 0 fully saturated rings. The zero-order valence-corrected chi connectivity index (χ0v) is 12.2. The van der Waals surface area contributed by atoms with Gasteiger partial charge in [-0.3, -0.25) is 4.79 Å². The summed E-state index contributed by atoms with van der Waals surface area (Å²) in [5.74, 6) is -0.729. The van der Waals surface area contributed by atoms with Crippen LogP contribution in [0.3, 0.4) is 0 Å². The highest BCUT2D eigenvalue weighted by Crippen LogP contribution is 2.35. The van der Waals surface area contributed by atoms with Gasteiger partial charge in [0.25, 0.3) is 5.91 Å². The fraction of sp³-hybridized carbons (Fsp3) is 0.357. The summed E-state index contributed by atoms with van der Waals surface area (Å²) in [6.07, 6.45) is 0.630. The number of amides is 1. The molecule has 114 valence electrons. The zero-order valence-electron chi connectivity index (χ0n) is 11.4. The largest absolute Gasteiger partial charge is 0.397 e.